The third-order valence-electron chi connectivity index (χ3n) is 3.15. The maximum absolute atomic E-state index is 12.8. The van der Waals surface area contributed by atoms with E-state index in [9.17, 15) is 8.42 Å². The molecule has 0 aromatic carbocycles. The topological polar surface area (TPSA) is 104 Å². The van der Waals surface area contributed by atoms with Crippen LogP contribution in [0, 0.1) is 17.2 Å². The van der Waals surface area contributed by atoms with Crippen molar-refractivity contribution in [1.29, 1.82) is 5.26 Å². The van der Waals surface area contributed by atoms with Gasteiger partial charge >= 0.3 is 0 Å². The fourth-order valence-corrected chi connectivity index (χ4v) is 3.83. The molecule has 2 aromatic heterocycles. The van der Waals surface area contributed by atoms with E-state index in [0.29, 0.717) is 5.65 Å². The van der Waals surface area contributed by atoms with E-state index in [1.165, 1.54) is 8.71 Å². The Labute approximate surface area is 123 Å². The van der Waals surface area contributed by atoms with E-state index in [1.807, 2.05) is 6.07 Å². The lowest BCUT2D eigenvalue weighted by atomic mass is 10.2. The average Bonchev–Trinajstić information content (AvgIpc) is 2.80. The van der Waals surface area contributed by atoms with Crippen molar-refractivity contribution in [3.63, 3.8) is 0 Å². The number of hydrogen-bond donors (Lipinski definition) is 1. The Morgan fingerprint density at radius 1 is 1.52 bits per heavy atom. The summed E-state index contributed by atoms with van der Waals surface area (Å²) in [7, 11) is -3.81. The van der Waals surface area contributed by atoms with E-state index in [0.717, 1.165) is 0 Å². The number of nitrogens with zero attached hydrogens (tertiary/aromatic N) is 4. The number of fused-ring (bicyclic) bond motifs is 1. The zero-order chi connectivity index (χ0) is 15.6. The Bertz CT molecular complexity index is 790. The van der Waals surface area contributed by atoms with Gasteiger partial charge in [-0.05, 0) is 19.1 Å². The van der Waals surface area contributed by atoms with Gasteiger partial charge in [0.15, 0.2) is 10.8 Å². The van der Waals surface area contributed by atoms with Gasteiger partial charge < -0.3 is 5.73 Å². The van der Waals surface area contributed by atoms with Crippen molar-refractivity contribution in [3.05, 3.63) is 24.4 Å². The molecule has 7 nitrogen and oxygen atoms in total. The van der Waals surface area contributed by atoms with E-state index in [2.05, 4.69) is 4.98 Å². The zero-order valence-corrected chi connectivity index (χ0v) is 12.7. The van der Waals surface area contributed by atoms with Crippen LogP contribution in [0.4, 0.5) is 5.82 Å². The Kier molecular flexibility index (Phi) is 4.16. The first kappa shape index (κ1) is 15.3. The monoisotopic (exact) mass is 307 g/mol. The number of nitrogen functional groups attached to an aromatic ring is 1. The third-order valence-corrected chi connectivity index (χ3v) is 5.13. The van der Waals surface area contributed by atoms with Crippen LogP contribution in [0.25, 0.3) is 5.65 Å². The van der Waals surface area contributed by atoms with Crippen LogP contribution in [0.3, 0.4) is 0 Å². The summed E-state index contributed by atoms with van der Waals surface area (Å²) in [5.41, 5.74) is 6.26. The fourth-order valence-electron chi connectivity index (χ4n) is 2.11. The molecule has 0 spiro atoms. The molecule has 0 saturated carbocycles. The van der Waals surface area contributed by atoms with Crippen molar-refractivity contribution in [1.82, 2.24) is 13.7 Å². The number of rotatable bonds is 5. The summed E-state index contributed by atoms with van der Waals surface area (Å²) < 4.78 is 28.3. The number of sulfonamides is 1. The highest BCUT2D eigenvalue weighted by Gasteiger charge is 2.30. The molecule has 0 aliphatic carbocycles. The highest BCUT2D eigenvalue weighted by Crippen LogP contribution is 2.24. The molecule has 0 bridgehead atoms. The van der Waals surface area contributed by atoms with Crippen molar-refractivity contribution in [2.45, 2.75) is 18.9 Å². The maximum Gasteiger partial charge on any atom is 0.262 e. The lowest BCUT2D eigenvalue weighted by molar-refractivity contribution is 0.398. The number of hydrogen-bond acceptors (Lipinski definition) is 5. The molecule has 0 saturated heterocycles. The molecule has 0 aliphatic rings. The summed E-state index contributed by atoms with van der Waals surface area (Å²) in [5.74, 6) is -0.440. The molecule has 0 amide bonds. The molecule has 2 heterocycles. The molecule has 2 aromatic rings. The minimum atomic E-state index is -3.81. The highest BCUT2D eigenvalue weighted by atomic mass is 32.2. The van der Waals surface area contributed by atoms with Crippen molar-refractivity contribution in [3.8, 4) is 6.07 Å². The first-order chi connectivity index (χ1) is 9.91. The largest absolute Gasteiger partial charge is 0.381 e. The Hall–Kier alpha value is -2.11. The molecule has 112 valence electrons. The number of anilines is 1. The number of aromatic nitrogens is 2. The molecule has 1 atom stereocenters. The summed E-state index contributed by atoms with van der Waals surface area (Å²) in [4.78, 5) is 4.07. The van der Waals surface area contributed by atoms with Crippen LogP contribution in [0.1, 0.15) is 13.8 Å². The van der Waals surface area contributed by atoms with Gasteiger partial charge in [0, 0.05) is 19.3 Å². The van der Waals surface area contributed by atoms with Crippen molar-refractivity contribution in [2.75, 3.05) is 18.8 Å². The van der Waals surface area contributed by atoms with Gasteiger partial charge in [-0.3, -0.25) is 4.40 Å². The van der Waals surface area contributed by atoms with Crippen LogP contribution in [0.5, 0.6) is 0 Å². The minimum absolute atomic E-state index is 0.0377. The van der Waals surface area contributed by atoms with Crippen molar-refractivity contribution in [2.24, 2.45) is 5.92 Å². The molecule has 0 radical (unpaired) electrons. The molecule has 0 aliphatic heterocycles. The van der Waals surface area contributed by atoms with E-state index in [-0.39, 0.29) is 23.9 Å². The predicted octanol–water partition coefficient (Wildman–Crippen LogP) is 1.09. The molecule has 2 N–H and O–H groups in total. The van der Waals surface area contributed by atoms with Gasteiger partial charge in [0.2, 0.25) is 0 Å². The van der Waals surface area contributed by atoms with Crippen LogP contribution < -0.4 is 5.73 Å². The second-order valence-electron chi connectivity index (χ2n) is 4.72. The summed E-state index contributed by atoms with van der Waals surface area (Å²) >= 11 is 0. The van der Waals surface area contributed by atoms with Crippen molar-refractivity contribution < 1.29 is 8.42 Å². The second-order valence-corrected chi connectivity index (χ2v) is 6.57. The molecule has 1 unspecified atom stereocenters. The van der Waals surface area contributed by atoms with Crippen molar-refractivity contribution >= 4 is 21.5 Å². The zero-order valence-electron chi connectivity index (χ0n) is 11.9. The molecule has 2 rings (SSSR count). The van der Waals surface area contributed by atoms with E-state index >= 15 is 0 Å². The van der Waals surface area contributed by atoms with Crippen LogP contribution in [-0.2, 0) is 10.0 Å². The highest BCUT2D eigenvalue weighted by molar-refractivity contribution is 7.89. The standard InChI is InChI=1S/C13H17N5O2S/c1-3-17(9-10(2)8-14)21(19,20)13-12(15)16-11-6-4-5-7-18(11)13/h4-7,10H,3,9,15H2,1-2H3. The van der Waals surface area contributed by atoms with Crippen LogP contribution in [-0.4, -0.2) is 35.2 Å². The van der Waals surface area contributed by atoms with Gasteiger partial charge in [-0.1, -0.05) is 13.0 Å². The first-order valence-corrected chi connectivity index (χ1v) is 7.98. The van der Waals surface area contributed by atoms with E-state index in [4.69, 9.17) is 11.0 Å². The summed E-state index contributed by atoms with van der Waals surface area (Å²) in [6.07, 6.45) is 1.60. The van der Waals surface area contributed by atoms with Gasteiger partial charge in [-0.15, -0.1) is 0 Å². The van der Waals surface area contributed by atoms with Gasteiger partial charge in [0.1, 0.15) is 5.65 Å². The summed E-state index contributed by atoms with van der Waals surface area (Å²) in [6, 6.07) is 7.19. The Balaban J connectivity index is 2.55. The Morgan fingerprint density at radius 2 is 2.24 bits per heavy atom. The van der Waals surface area contributed by atoms with Gasteiger partial charge in [-0.2, -0.15) is 9.57 Å². The lowest BCUT2D eigenvalue weighted by Crippen LogP contribution is -2.35. The number of nitriles is 1. The quantitative estimate of drug-likeness (QED) is 0.890. The SMILES string of the molecule is CCN(CC(C)C#N)S(=O)(=O)c1c(N)nc2ccccn12. The molecule has 8 heteroatoms. The fraction of sp³-hybridized carbons (Fsp3) is 0.385. The number of imidazole rings is 1. The average molecular weight is 307 g/mol. The molecular weight excluding hydrogens is 290 g/mol. The second kappa shape index (κ2) is 5.71. The van der Waals surface area contributed by atoms with Gasteiger partial charge in [0.25, 0.3) is 10.0 Å². The van der Waals surface area contributed by atoms with E-state index < -0.39 is 15.9 Å². The molecule has 0 fully saturated rings. The normalized spacial score (nSPS) is 13.4. The van der Waals surface area contributed by atoms with E-state index in [1.54, 1.807) is 38.2 Å². The van der Waals surface area contributed by atoms with Crippen LogP contribution in [0.2, 0.25) is 0 Å². The summed E-state index contributed by atoms with van der Waals surface area (Å²) in [5, 5.41) is 8.84. The third kappa shape index (κ3) is 2.70. The molecule has 21 heavy (non-hydrogen) atoms. The van der Waals surface area contributed by atoms with Gasteiger partial charge in [0.05, 0.1) is 12.0 Å². The Morgan fingerprint density at radius 3 is 2.86 bits per heavy atom. The van der Waals surface area contributed by atoms with Crippen LogP contribution in [0.15, 0.2) is 29.4 Å². The summed E-state index contributed by atoms with van der Waals surface area (Å²) in [6.45, 7) is 3.78. The predicted molar refractivity (Wildman–Crippen MR) is 78.8 cm³/mol. The van der Waals surface area contributed by atoms with Crippen LogP contribution >= 0.6 is 0 Å². The smallest absolute Gasteiger partial charge is 0.262 e. The number of pyridine rings is 1. The maximum atomic E-state index is 12.8. The minimum Gasteiger partial charge on any atom is -0.381 e. The first-order valence-electron chi connectivity index (χ1n) is 6.54. The lowest BCUT2D eigenvalue weighted by Gasteiger charge is -2.21. The van der Waals surface area contributed by atoms with Gasteiger partial charge in [-0.25, -0.2) is 13.4 Å². The molecular formula is C13H17N5O2S. The number of nitrogens with two attached hydrogens (primary N) is 1.